The lowest BCUT2D eigenvalue weighted by Crippen LogP contribution is -2.53. The summed E-state index contributed by atoms with van der Waals surface area (Å²) in [5, 5.41) is 17.6. The van der Waals surface area contributed by atoms with Crippen molar-refractivity contribution in [2.24, 2.45) is 0 Å². The Morgan fingerprint density at radius 3 is 2.14 bits per heavy atom. The standard InChI is InChI=1S/C34H37N3O5/c1-5-37(32(40)29(21-23-11-7-6-8-12-23)36-33(41)42-34(2,3)4)30(25-16-19-28(38)20-17-25)31(39)35-27-18-15-24-13-9-10-14-26(24)22-27/h6-20,22,29-30,38H,5,21H2,1-4H3,(H,35,39)(H,36,41). The maximum atomic E-state index is 14.2. The first kappa shape index (κ1) is 30.1. The summed E-state index contributed by atoms with van der Waals surface area (Å²) in [7, 11) is 0. The first-order valence-corrected chi connectivity index (χ1v) is 14.0. The number of nitrogens with zero attached hydrogens (tertiary/aromatic N) is 1. The summed E-state index contributed by atoms with van der Waals surface area (Å²) >= 11 is 0. The molecule has 0 aromatic heterocycles. The van der Waals surface area contributed by atoms with Crippen LogP contribution < -0.4 is 10.6 Å². The number of carbonyl (C=O) groups excluding carboxylic acids is 3. The molecule has 0 radical (unpaired) electrons. The fourth-order valence-electron chi connectivity index (χ4n) is 4.77. The Morgan fingerprint density at radius 2 is 1.50 bits per heavy atom. The third-order valence-corrected chi connectivity index (χ3v) is 6.68. The smallest absolute Gasteiger partial charge is 0.408 e. The minimum Gasteiger partial charge on any atom is -0.508 e. The van der Waals surface area contributed by atoms with Crippen molar-refractivity contribution in [3.8, 4) is 5.75 Å². The fourth-order valence-corrected chi connectivity index (χ4v) is 4.77. The summed E-state index contributed by atoms with van der Waals surface area (Å²) in [6.45, 7) is 7.20. The number of likely N-dealkylation sites (N-methyl/N-ethyl adjacent to an activating group) is 1. The number of carbonyl (C=O) groups is 3. The van der Waals surface area contributed by atoms with Crippen molar-refractivity contribution in [1.29, 1.82) is 0 Å². The third kappa shape index (κ3) is 7.87. The van der Waals surface area contributed by atoms with Crippen LogP contribution in [0.2, 0.25) is 0 Å². The predicted molar refractivity (Wildman–Crippen MR) is 164 cm³/mol. The second-order valence-electron chi connectivity index (χ2n) is 11.1. The van der Waals surface area contributed by atoms with Crippen molar-refractivity contribution in [2.75, 3.05) is 11.9 Å². The van der Waals surface area contributed by atoms with Gasteiger partial charge >= 0.3 is 6.09 Å². The monoisotopic (exact) mass is 567 g/mol. The number of phenols is 1. The van der Waals surface area contributed by atoms with Crippen molar-refractivity contribution in [3.05, 3.63) is 108 Å². The molecule has 0 fully saturated rings. The highest BCUT2D eigenvalue weighted by atomic mass is 16.6. The van der Waals surface area contributed by atoms with Crippen molar-refractivity contribution in [3.63, 3.8) is 0 Å². The van der Waals surface area contributed by atoms with Crippen LogP contribution in [0.5, 0.6) is 5.75 Å². The number of anilines is 1. The van der Waals surface area contributed by atoms with E-state index in [4.69, 9.17) is 4.74 Å². The van der Waals surface area contributed by atoms with Gasteiger partial charge in [0.2, 0.25) is 5.91 Å². The SMILES string of the molecule is CCN(C(=O)C(Cc1ccccc1)NC(=O)OC(C)(C)C)C(C(=O)Nc1ccc2ccccc2c1)c1ccc(O)cc1. The molecule has 0 aliphatic carbocycles. The van der Waals surface area contributed by atoms with Gasteiger partial charge in [0, 0.05) is 18.7 Å². The minimum absolute atomic E-state index is 0.0374. The lowest BCUT2D eigenvalue weighted by Gasteiger charge is -2.34. The van der Waals surface area contributed by atoms with Crippen LogP contribution in [-0.4, -0.2) is 46.1 Å². The van der Waals surface area contributed by atoms with Gasteiger partial charge < -0.3 is 25.4 Å². The van der Waals surface area contributed by atoms with E-state index >= 15 is 0 Å². The molecule has 4 aromatic carbocycles. The molecule has 0 aliphatic heterocycles. The van der Waals surface area contributed by atoms with Gasteiger partial charge in [0.15, 0.2) is 0 Å². The number of amides is 3. The molecular formula is C34H37N3O5. The van der Waals surface area contributed by atoms with Gasteiger partial charge in [-0.1, -0.05) is 72.8 Å². The van der Waals surface area contributed by atoms with Crippen LogP contribution in [0.1, 0.15) is 44.9 Å². The molecule has 218 valence electrons. The van der Waals surface area contributed by atoms with Gasteiger partial charge in [-0.3, -0.25) is 9.59 Å². The zero-order chi connectivity index (χ0) is 30.3. The number of ether oxygens (including phenoxy) is 1. The second kappa shape index (κ2) is 13.2. The molecule has 4 rings (SSSR count). The van der Waals surface area contributed by atoms with E-state index in [0.29, 0.717) is 11.3 Å². The van der Waals surface area contributed by atoms with Crippen molar-refractivity contribution in [2.45, 2.75) is 51.8 Å². The van der Waals surface area contributed by atoms with Crippen LogP contribution in [0.3, 0.4) is 0 Å². The number of benzene rings is 4. The first-order valence-electron chi connectivity index (χ1n) is 14.0. The molecule has 0 saturated carbocycles. The van der Waals surface area contributed by atoms with Gasteiger partial charge in [0.1, 0.15) is 23.4 Å². The zero-order valence-corrected chi connectivity index (χ0v) is 24.3. The number of aromatic hydroxyl groups is 1. The largest absolute Gasteiger partial charge is 0.508 e. The molecule has 0 bridgehead atoms. The van der Waals surface area contributed by atoms with Crippen LogP contribution in [0.15, 0.2) is 97.1 Å². The highest BCUT2D eigenvalue weighted by Gasteiger charge is 2.35. The van der Waals surface area contributed by atoms with Crippen molar-refractivity contribution < 1.29 is 24.2 Å². The summed E-state index contributed by atoms with van der Waals surface area (Å²) in [6.07, 6.45) is -0.529. The number of nitrogens with one attached hydrogen (secondary N) is 2. The summed E-state index contributed by atoms with van der Waals surface area (Å²) in [5.41, 5.74) is 1.17. The molecule has 8 nitrogen and oxygen atoms in total. The number of alkyl carbamates (subject to hydrolysis) is 1. The van der Waals surface area contributed by atoms with Crippen molar-refractivity contribution >= 4 is 34.4 Å². The third-order valence-electron chi connectivity index (χ3n) is 6.68. The van der Waals surface area contributed by atoms with Gasteiger partial charge in [-0.2, -0.15) is 0 Å². The number of fused-ring (bicyclic) bond motifs is 1. The molecule has 2 atom stereocenters. The molecular weight excluding hydrogens is 530 g/mol. The minimum atomic E-state index is -1.05. The highest BCUT2D eigenvalue weighted by molar-refractivity contribution is 6.00. The normalized spacial score (nSPS) is 12.7. The van der Waals surface area contributed by atoms with Gasteiger partial charge in [-0.05, 0) is 73.9 Å². The quantitative estimate of drug-likeness (QED) is 0.223. The number of hydrogen-bond acceptors (Lipinski definition) is 5. The lowest BCUT2D eigenvalue weighted by atomic mass is 10.00. The van der Waals surface area contributed by atoms with Crippen LogP contribution in [0.4, 0.5) is 10.5 Å². The van der Waals surface area contributed by atoms with E-state index < -0.39 is 35.6 Å². The van der Waals surface area contributed by atoms with Crippen LogP contribution in [0.25, 0.3) is 10.8 Å². The maximum Gasteiger partial charge on any atom is 0.408 e. The Labute approximate surface area is 246 Å². The summed E-state index contributed by atoms with van der Waals surface area (Å²) in [6, 6.07) is 26.9. The Morgan fingerprint density at radius 1 is 0.857 bits per heavy atom. The average Bonchev–Trinajstić information content (AvgIpc) is 2.95. The molecule has 0 heterocycles. The summed E-state index contributed by atoms with van der Waals surface area (Å²) in [5.74, 6) is -0.837. The van der Waals surface area contributed by atoms with E-state index in [9.17, 15) is 19.5 Å². The Bertz CT molecular complexity index is 1530. The Hall–Kier alpha value is -4.85. The topological polar surface area (TPSA) is 108 Å². The molecule has 2 unspecified atom stereocenters. The van der Waals surface area contributed by atoms with Crippen LogP contribution >= 0.6 is 0 Å². The Balaban J connectivity index is 1.68. The zero-order valence-electron chi connectivity index (χ0n) is 24.3. The molecule has 3 N–H and O–H groups in total. The fraction of sp³-hybridized carbons (Fsp3) is 0.265. The van der Waals surface area contributed by atoms with Gasteiger partial charge in [0.05, 0.1) is 0 Å². The lowest BCUT2D eigenvalue weighted by molar-refractivity contribution is -0.140. The molecule has 0 spiro atoms. The maximum absolute atomic E-state index is 14.2. The summed E-state index contributed by atoms with van der Waals surface area (Å²) < 4.78 is 5.46. The molecule has 4 aromatic rings. The van der Waals surface area contributed by atoms with Crippen LogP contribution in [-0.2, 0) is 20.7 Å². The van der Waals surface area contributed by atoms with E-state index in [1.807, 2.05) is 72.8 Å². The predicted octanol–water partition coefficient (Wildman–Crippen LogP) is 6.21. The van der Waals surface area contributed by atoms with Crippen LogP contribution in [0, 0.1) is 0 Å². The molecule has 0 aliphatic rings. The molecule has 42 heavy (non-hydrogen) atoms. The van der Waals surface area contributed by atoms with Gasteiger partial charge in [-0.25, -0.2) is 4.79 Å². The number of hydrogen-bond donors (Lipinski definition) is 3. The van der Waals surface area contributed by atoms with Gasteiger partial charge in [-0.15, -0.1) is 0 Å². The van der Waals surface area contributed by atoms with Gasteiger partial charge in [0.25, 0.3) is 5.91 Å². The van der Waals surface area contributed by atoms with E-state index in [-0.39, 0.29) is 18.7 Å². The van der Waals surface area contributed by atoms with E-state index in [1.165, 1.54) is 17.0 Å². The van der Waals surface area contributed by atoms with E-state index in [0.717, 1.165) is 16.3 Å². The van der Waals surface area contributed by atoms with Crippen molar-refractivity contribution in [1.82, 2.24) is 10.2 Å². The molecule has 0 saturated heterocycles. The average molecular weight is 568 g/mol. The second-order valence-corrected chi connectivity index (χ2v) is 11.1. The number of rotatable bonds is 9. The highest BCUT2D eigenvalue weighted by Crippen LogP contribution is 2.27. The number of phenolic OH excluding ortho intramolecular Hbond substituents is 1. The molecule has 3 amide bonds. The van der Waals surface area contributed by atoms with E-state index in [2.05, 4.69) is 10.6 Å². The Kier molecular flexibility index (Phi) is 9.47. The summed E-state index contributed by atoms with van der Waals surface area (Å²) in [4.78, 5) is 42.4. The van der Waals surface area contributed by atoms with E-state index in [1.54, 1.807) is 39.8 Å². The first-order chi connectivity index (χ1) is 20.0. The molecule has 8 heteroatoms.